The maximum Gasteiger partial charge on any atom is 0.410 e. The van der Waals surface area contributed by atoms with Crippen molar-refractivity contribution < 1.29 is 9.53 Å². The summed E-state index contributed by atoms with van der Waals surface area (Å²) in [6.07, 6.45) is 5.25. The predicted molar refractivity (Wildman–Crippen MR) is 78.7 cm³/mol. The molecule has 5 heteroatoms. The van der Waals surface area contributed by atoms with Crippen molar-refractivity contribution in [2.24, 2.45) is 0 Å². The number of hydrogen-bond acceptors (Lipinski definition) is 4. The predicted octanol–water partition coefficient (Wildman–Crippen LogP) is 2.89. The first kappa shape index (κ1) is 14.6. The quantitative estimate of drug-likeness (QED) is 0.919. The van der Waals surface area contributed by atoms with E-state index >= 15 is 0 Å². The Morgan fingerprint density at radius 1 is 1.50 bits per heavy atom. The van der Waals surface area contributed by atoms with Gasteiger partial charge in [-0.3, -0.25) is 4.98 Å². The number of anilines is 1. The Balaban J connectivity index is 1.92. The van der Waals surface area contributed by atoms with Crippen molar-refractivity contribution in [2.45, 2.75) is 44.8 Å². The zero-order valence-electron chi connectivity index (χ0n) is 12.6. The number of carbonyl (C=O) groups excluding carboxylic acids is 1. The van der Waals surface area contributed by atoms with Gasteiger partial charge in [0.15, 0.2) is 0 Å². The van der Waals surface area contributed by atoms with E-state index in [0.29, 0.717) is 6.54 Å². The van der Waals surface area contributed by atoms with Crippen LogP contribution in [0, 0.1) is 0 Å². The fourth-order valence-corrected chi connectivity index (χ4v) is 2.03. The van der Waals surface area contributed by atoms with E-state index in [1.54, 1.807) is 17.3 Å². The summed E-state index contributed by atoms with van der Waals surface area (Å²) in [5.74, 6) is 0. The second-order valence-corrected chi connectivity index (χ2v) is 6.36. The second kappa shape index (κ2) is 5.31. The van der Waals surface area contributed by atoms with Gasteiger partial charge in [-0.1, -0.05) is 0 Å². The number of aromatic nitrogens is 1. The van der Waals surface area contributed by atoms with Gasteiger partial charge in [-0.15, -0.1) is 0 Å². The molecule has 0 bridgehead atoms. The van der Waals surface area contributed by atoms with E-state index in [1.165, 1.54) is 0 Å². The molecule has 20 heavy (non-hydrogen) atoms. The lowest BCUT2D eigenvalue weighted by molar-refractivity contribution is 0.0206. The molecule has 1 aromatic heterocycles. The lowest BCUT2D eigenvalue weighted by Crippen LogP contribution is -2.45. The van der Waals surface area contributed by atoms with Crippen molar-refractivity contribution in [1.82, 2.24) is 9.88 Å². The summed E-state index contributed by atoms with van der Waals surface area (Å²) in [4.78, 5) is 17.9. The second-order valence-electron chi connectivity index (χ2n) is 6.36. The number of hydrogen-bond donors (Lipinski definition) is 1. The molecule has 0 unspecified atom stereocenters. The molecule has 0 radical (unpaired) electrons. The lowest BCUT2D eigenvalue weighted by Gasteiger charge is -2.31. The number of ether oxygens (including phenoxy) is 1. The fourth-order valence-electron chi connectivity index (χ4n) is 2.03. The molecule has 1 aromatic rings. The average Bonchev–Trinajstić information content (AvgIpc) is 3.16. The number of likely N-dealkylation sites (N-methyl/N-ethyl adjacent to an activating group) is 1. The Bertz CT molecular complexity index is 464. The molecule has 1 N–H and O–H groups in total. The van der Waals surface area contributed by atoms with Gasteiger partial charge in [0.1, 0.15) is 5.60 Å². The zero-order chi connectivity index (χ0) is 14.8. The Kier molecular flexibility index (Phi) is 3.88. The summed E-state index contributed by atoms with van der Waals surface area (Å²) in [6.45, 7) is 6.36. The van der Waals surface area contributed by atoms with E-state index < -0.39 is 5.60 Å². The molecule has 0 aliphatic heterocycles. The van der Waals surface area contributed by atoms with Crippen molar-refractivity contribution in [2.75, 3.05) is 18.9 Å². The van der Waals surface area contributed by atoms with Crippen molar-refractivity contribution in [3.05, 3.63) is 24.5 Å². The first-order chi connectivity index (χ1) is 9.32. The lowest BCUT2D eigenvalue weighted by atomic mass is 10.2. The molecular formula is C15H23N3O2. The van der Waals surface area contributed by atoms with Gasteiger partial charge in [0.25, 0.3) is 0 Å². The largest absolute Gasteiger partial charge is 0.444 e. The molecule has 2 rings (SSSR count). The highest BCUT2D eigenvalue weighted by atomic mass is 16.6. The van der Waals surface area contributed by atoms with Crippen LogP contribution >= 0.6 is 0 Å². The number of carbonyl (C=O) groups is 1. The van der Waals surface area contributed by atoms with Gasteiger partial charge in [0.05, 0.1) is 11.2 Å². The summed E-state index contributed by atoms with van der Waals surface area (Å²) in [7, 11) is 1.81. The van der Waals surface area contributed by atoms with Crippen molar-refractivity contribution >= 4 is 11.8 Å². The van der Waals surface area contributed by atoms with Crippen LogP contribution in [0.5, 0.6) is 0 Å². The van der Waals surface area contributed by atoms with Crippen LogP contribution in [-0.4, -0.2) is 40.7 Å². The Morgan fingerprint density at radius 3 is 2.70 bits per heavy atom. The van der Waals surface area contributed by atoms with Crippen LogP contribution in [0.4, 0.5) is 10.5 Å². The average molecular weight is 277 g/mol. The highest BCUT2D eigenvalue weighted by molar-refractivity contribution is 5.69. The van der Waals surface area contributed by atoms with Crippen LogP contribution in [0.15, 0.2) is 24.5 Å². The molecule has 0 atom stereocenters. The highest BCUT2D eigenvalue weighted by Crippen LogP contribution is 2.41. The molecule has 1 fully saturated rings. The van der Waals surface area contributed by atoms with Gasteiger partial charge >= 0.3 is 6.09 Å². The van der Waals surface area contributed by atoms with Crippen molar-refractivity contribution in [3.8, 4) is 0 Å². The maximum atomic E-state index is 12.1. The number of rotatable bonds is 4. The molecule has 1 saturated carbocycles. The minimum atomic E-state index is -0.460. The summed E-state index contributed by atoms with van der Waals surface area (Å²) in [5, 5.41) is 3.33. The third kappa shape index (κ3) is 3.62. The Hall–Kier alpha value is -1.78. The van der Waals surface area contributed by atoms with Gasteiger partial charge in [0, 0.05) is 26.0 Å². The number of amides is 1. The van der Waals surface area contributed by atoms with E-state index in [1.807, 2.05) is 40.0 Å². The van der Waals surface area contributed by atoms with Crippen LogP contribution in [0.3, 0.4) is 0 Å². The minimum Gasteiger partial charge on any atom is -0.444 e. The maximum absolute atomic E-state index is 12.1. The Morgan fingerprint density at radius 2 is 2.20 bits per heavy atom. The molecule has 110 valence electrons. The van der Waals surface area contributed by atoms with Gasteiger partial charge in [-0.05, 0) is 45.7 Å². The summed E-state index contributed by atoms with van der Waals surface area (Å²) in [5.41, 5.74) is 0.382. The third-order valence-electron chi connectivity index (χ3n) is 3.49. The van der Waals surface area contributed by atoms with Crippen LogP contribution in [0.2, 0.25) is 0 Å². The summed E-state index contributed by atoms with van der Waals surface area (Å²) in [6, 6.07) is 3.86. The minimum absolute atomic E-state index is 0.127. The van der Waals surface area contributed by atoms with E-state index in [-0.39, 0.29) is 11.6 Å². The highest BCUT2D eigenvalue weighted by Gasteiger charge is 2.49. The topological polar surface area (TPSA) is 54.5 Å². The van der Waals surface area contributed by atoms with Gasteiger partial charge in [-0.2, -0.15) is 0 Å². The summed E-state index contributed by atoms with van der Waals surface area (Å²) >= 11 is 0. The SMILES string of the molecule is CN(C(=O)OC(C)(C)C)C1(CNc2cccnc2)CC1. The molecule has 0 saturated heterocycles. The van der Waals surface area contributed by atoms with Crippen LogP contribution in [0.1, 0.15) is 33.6 Å². The van der Waals surface area contributed by atoms with E-state index in [0.717, 1.165) is 18.5 Å². The van der Waals surface area contributed by atoms with Crippen LogP contribution in [0.25, 0.3) is 0 Å². The van der Waals surface area contributed by atoms with Gasteiger partial charge in [-0.25, -0.2) is 4.79 Å². The number of nitrogens with one attached hydrogen (secondary N) is 1. The van der Waals surface area contributed by atoms with Crippen LogP contribution in [-0.2, 0) is 4.74 Å². The molecule has 1 aliphatic carbocycles. The third-order valence-corrected chi connectivity index (χ3v) is 3.49. The molecule has 0 spiro atoms. The van der Waals surface area contributed by atoms with Gasteiger partial charge in [0.2, 0.25) is 0 Å². The normalized spacial score (nSPS) is 16.4. The first-order valence-corrected chi connectivity index (χ1v) is 6.93. The standard InChI is InChI=1S/C15H23N3O2/c1-14(2,3)20-13(19)18(4)15(7-8-15)11-17-12-6-5-9-16-10-12/h5-6,9-10,17H,7-8,11H2,1-4H3. The molecule has 1 heterocycles. The van der Waals surface area contributed by atoms with Gasteiger partial charge < -0.3 is 15.0 Å². The summed E-state index contributed by atoms with van der Waals surface area (Å²) < 4.78 is 5.42. The first-order valence-electron chi connectivity index (χ1n) is 6.93. The van der Waals surface area contributed by atoms with Crippen molar-refractivity contribution in [3.63, 3.8) is 0 Å². The molecule has 1 amide bonds. The van der Waals surface area contributed by atoms with E-state index in [9.17, 15) is 4.79 Å². The van der Waals surface area contributed by atoms with Crippen LogP contribution < -0.4 is 5.32 Å². The zero-order valence-corrected chi connectivity index (χ0v) is 12.6. The number of pyridine rings is 1. The molecule has 5 nitrogen and oxygen atoms in total. The Labute approximate surface area is 120 Å². The molecular weight excluding hydrogens is 254 g/mol. The monoisotopic (exact) mass is 277 g/mol. The van der Waals surface area contributed by atoms with Crippen molar-refractivity contribution in [1.29, 1.82) is 0 Å². The molecule has 1 aliphatic rings. The smallest absolute Gasteiger partial charge is 0.410 e. The van der Waals surface area contributed by atoms with E-state index in [2.05, 4.69) is 10.3 Å². The number of nitrogens with zero attached hydrogens (tertiary/aromatic N) is 2. The fraction of sp³-hybridized carbons (Fsp3) is 0.600. The van der Waals surface area contributed by atoms with E-state index in [4.69, 9.17) is 4.74 Å². The molecule has 0 aromatic carbocycles.